The lowest BCUT2D eigenvalue weighted by Crippen LogP contribution is -2.37. The average Bonchev–Trinajstić information content (AvgIpc) is 2.31. The predicted octanol–water partition coefficient (Wildman–Crippen LogP) is -1.36. The van der Waals surface area contributed by atoms with Crippen molar-refractivity contribution in [3.05, 3.63) is 0 Å². The van der Waals surface area contributed by atoms with E-state index in [1.54, 1.807) is 7.11 Å². The Kier molecular flexibility index (Phi) is 3.19. The maximum atomic E-state index is 10.9. The molecule has 0 aromatic carbocycles. The summed E-state index contributed by atoms with van der Waals surface area (Å²) in [5, 5.41) is 5.12. The topological polar surface area (TPSA) is 67.4 Å². The molecule has 0 spiro atoms. The van der Waals surface area contributed by atoms with Crippen LogP contribution in [0.3, 0.4) is 0 Å². The fourth-order valence-electron chi connectivity index (χ4n) is 1.05. The van der Waals surface area contributed by atoms with Crippen LogP contribution >= 0.6 is 0 Å². The fourth-order valence-corrected chi connectivity index (χ4v) is 1.05. The van der Waals surface area contributed by atoms with Gasteiger partial charge in [-0.3, -0.25) is 14.9 Å². The van der Waals surface area contributed by atoms with E-state index in [2.05, 4.69) is 10.6 Å². The summed E-state index contributed by atoms with van der Waals surface area (Å²) >= 11 is 0. The monoisotopic (exact) mass is 172 g/mol. The summed E-state index contributed by atoms with van der Waals surface area (Å²) in [6.07, 6.45) is 0.239. The number of carbonyl (C=O) groups is 2. The summed E-state index contributed by atoms with van der Waals surface area (Å²) in [7, 11) is 1.58. The maximum absolute atomic E-state index is 10.9. The molecule has 1 unspecified atom stereocenters. The molecule has 1 heterocycles. The smallest absolute Gasteiger partial charge is 0.244 e. The Hall–Kier alpha value is -0.940. The first kappa shape index (κ1) is 9.15. The van der Waals surface area contributed by atoms with Gasteiger partial charge in [-0.2, -0.15) is 0 Å². The van der Waals surface area contributed by atoms with E-state index >= 15 is 0 Å². The standard InChI is InChI=1S/C7H12N2O3/c1-12-3-2-8-5-4-6(10)9-7(5)11/h5,8H,2-4H2,1H3,(H,9,10,11). The van der Waals surface area contributed by atoms with Gasteiger partial charge in [0.2, 0.25) is 11.8 Å². The third-order valence-electron chi connectivity index (χ3n) is 1.67. The minimum absolute atomic E-state index is 0.213. The number of hydrogen-bond donors (Lipinski definition) is 2. The first-order valence-electron chi connectivity index (χ1n) is 3.80. The van der Waals surface area contributed by atoms with Gasteiger partial charge in [0, 0.05) is 13.7 Å². The van der Waals surface area contributed by atoms with Gasteiger partial charge in [0.1, 0.15) is 0 Å². The van der Waals surface area contributed by atoms with Gasteiger partial charge in [0.05, 0.1) is 19.1 Å². The first-order valence-corrected chi connectivity index (χ1v) is 3.80. The van der Waals surface area contributed by atoms with E-state index in [0.717, 1.165) is 0 Å². The largest absolute Gasteiger partial charge is 0.383 e. The van der Waals surface area contributed by atoms with E-state index in [1.807, 2.05) is 0 Å². The van der Waals surface area contributed by atoms with Gasteiger partial charge in [0.15, 0.2) is 0 Å². The van der Waals surface area contributed by atoms with Crippen LogP contribution in [0.5, 0.6) is 0 Å². The van der Waals surface area contributed by atoms with Crippen LogP contribution < -0.4 is 10.6 Å². The minimum Gasteiger partial charge on any atom is -0.383 e. The zero-order valence-electron chi connectivity index (χ0n) is 6.92. The van der Waals surface area contributed by atoms with Crippen molar-refractivity contribution < 1.29 is 14.3 Å². The SMILES string of the molecule is COCCNC1CC(=O)NC1=O. The molecule has 0 bridgehead atoms. The van der Waals surface area contributed by atoms with Gasteiger partial charge < -0.3 is 10.1 Å². The Morgan fingerprint density at radius 2 is 2.42 bits per heavy atom. The van der Waals surface area contributed by atoms with Crippen LogP contribution in [-0.4, -0.2) is 38.1 Å². The van der Waals surface area contributed by atoms with Crippen molar-refractivity contribution in [2.24, 2.45) is 0 Å². The third kappa shape index (κ3) is 2.28. The molecule has 2 amide bonds. The number of hydrogen-bond acceptors (Lipinski definition) is 4. The molecule has 5 heteroatoms. The van der Waals surface area contributed by atoms with Gasteiger partial charge in [-0.1, -0.05) is 0 Å². The Bertz CT molecular complexity index is 193. The van der Waals surface area contributed by atoms with Crippen LogP contribution in [0.2, 0.25) is 0 Å². The molecule has 1 rings (SSSR count). The van der Waals surface area contributed by atoms with Crippen molar-refractivity contribution in [3.63, 3.8) is 0 Å². The fraction of sp³-hybridized carbons (Fsp3) is 0.714. The molecule has 2 N–H and O–H groups in total. The highest BCUT2D eigenvalue weighted by Gasteiger charge is 2.29. The van der Waals surface area contributed by atoms with Crippen molar-refractivity contribution in [2.75, 3.05) is 20.3 Å². The number of imide groups is 1. The summed E-state index contributed by atoms with van der Waals surface area (Å²) in [4.78, 5) is 21.6. The van der Waals surface area contributed by atoms with Crippen molar-refractivity contribution in [1.82, 2.24) is 10.6 Å². The molecule has 1 aliphatic heterocycles. The number of rotatable bonds is 4. The van der Waals surface area contributed by atoms with Crippen molar-refractivity contribution in [1.29, 1.82) is 0 Å². The highest BCUT2D eigenvalue weighted by atomic mass is 16.5. The lowest BCUT2D eigenvalue weighted by molar-refractivity contribution is -0.125. The number of ether oxygens (including phenoxy) is 1. The first-order chi connectivity index (χ1) is 5.74. The van der Waals surface area contributed by atoms with E-state index < -0.39 is 0 Å². The van der Waals surface area contributed by atoms with Crippen molar-refractivity contribution >= 4 is 11.8 Å². The molecule has 1 saturated heterocycles. The third-order valence-corrected chi connectivity index (χ3v) is 1.67. The van der Waals surface area contributed by atoms with Crippen LogP contribution in [0.15, 0.2) is 0 Å². The molecule has 68 valence electrons. The quantitative estimate of drug-likeness (QED) is 0.406. The Morgan fingerprint density at radius 3 is 2.92 bits per heavy atom. The molecule has 1 atom stereocenters. The number of carbonyl (C=O) groups excluding carboxylic acids is 2. The number of nitrogens with one attached hydrogen (secondary N) is 2. The zero-order chi connectivity index (χ0) is 8.97. The molecule has 0 aromatic rings. The summed E-state index contributed by atoms with van der Waals surface area (Å²) in [6.45, 7) is 1.12. The van der Waals surface area contributed by atoms with Crippen LogP contribution in [0.25, 0.3) is 0 Å². The second-order valence-corrected chi connectivity index (χ2v) is 2.62. The normalized spacial score (nSPS) is 22.9. The highest BCUT2D eigenvalue weighted by Crippen LogP contribution is 1.99. The molecule has 0 saturated carbocycles. The van der Waals surface area contributed by atoms with Crippen LogP contribution in [-0.2, 0) is 14.3 Å². The van der Waals surface area contributed by atoms with E-state index in [9.17, 15) is 9.59 Å². The van der Waals surface area contributed by atoms with E-state index in [1.165, 1.54) is 0 Å². The molecular formula is C7H12N2O3. The zero-order valence-corrected chi connectivity index (χ0v) is 6.92. The summed E-state index contributed by atoms with van der Waals surface area (Å²) in [5.41, 5.74) is 0. The molecule has 1 aliphatic rings. The molecule has 0 radical (unpaired) electrons. The van der Waals surface area contributed by atoms with Crippen molar-refractivity contribution in [2.45, 2.75) is 12.5 Å². The molecule has 1 fully saturated rings. The van der Waals surface area contributed by atoms with Crippen LogP contribution in [0, 0.1) is 0 Å². The second kappa shape index (κ2) is 4.18. The van der Waals surface area contributed by atoms with E-state index in [0.29, 0.717) is 13.2 Å². The van der Waals surface area contributed by atoms with Gasteiger partial charge in [-0.05, 0) is 0 Å². The predicted molar refractivity (Wildman–Crippen MR) is 41.4 cm³/mol. The molecule has 0 aromatic heterocycles. The van der Waals surface area contributed by atoms with Gasteiger partial charge >= 0.3 is 0 Å². The van der Waals surface area contributed by atoms with Crippen LogP contribution in [0.4, 0.5) is 0 Å². The summed E-state index contributed by atoms with van der Waals surface area (Å²) in [6, 6.07) is -0.368. The Morgan fingerprint density at radius 1 is 1.67 bits per heavy atom. The minimum atomic E-state index is -0.368. The lowest BCUT2D eigenvalue weighted by atomic mass is 10.2. The Labute approximate surface area is 70.5 Å². The number of methoxy groups -OCH3 is 1. The second-order valence-electron chi connectivity index (χ2n) is 2.62. The average molecular weight is 172 g/mol. The summed E-state index contributed by atoms with van der Waals surface area (Å²) < 4.78 is 4.78. The lowest BCUT2D eigenvalue weighted by Gasteiger charge is -2.07. The van der Waals surface area contributed by atoms with Gasteiger partial charge in [-0.15, -0.1) is 0 Å². The Balaban J connectivity index is 2.24. The van der Waals surface area contributed by atoms with Crippen LogP contribution in [0.1, 0.15) is 6.42 Å². The maximum Gasteiger partial charge on any atom is 0.244 e. The van der Waals surface area contributed by atoms with Gasteiger partial charge in [-0.25, -0.2) is 0 Å². The molecular weight excluding hydrogens is 160 g/mol. The van der Waals surface area contributed by atoms with E-state index in [4.69, 9.17) is 4.74 Å². The summed E-state index contributed by atoms with van der Waals surface area (Å²) in [5.74, 6) is -0.453. The van der Waals surface area contributed by atoms with Crippen molar-refractivity contribution in [3.8, 4) is 0 Å². The van der Waals surface area contributed by atoms with Gasteiger partial charge in [0.25, 0.3) is 0 Å². The molecule has 12 heavy (non-hydrogen) atoms. The number of amides is 2. The van der Waals surface area contributed by atoms with E-state index in [-0.39, 0.29) is 24.3 Å². The molecule has 5 nitrogen and oxygen atoms in total. The highest BCUT2D eigenvalue weighted by molar-refractivity contribution is 6.05. The molecule has 0 aliphatic carbocycles.